The number of nitrogens with one attached hydrogen (secondary N) is 1. The summed E-state index contributed by atoms with van der Waals surface area (Å²) >= 11 is 3.13. The van der Waals surface area contributed by atoms with Gasteiger partial charge in [-0.2, -0.15) is 0 Å². The first kappa shape index (κ1) is 20.0. The van der Waals surface area contributed by atoms with Gasteiger partial charge in [-0.05, 0) is 34.1 Å². The number of hydrogen-bond acceptors (Lipinski definition) is 7. The van der Waals surface area contributed by atoms with Gasteiger partial charge >= 0.3 is 12.1 Å². The highest BCUT2D eigenvalue weighted by molar-refractivity contribution is 9.10. The lowest BCUT2D eigenvalue weighted by Gasteiger charge is -2.33. The molecule has 0 unspecified atom stereocenters. The van der Waals surface area contributed by atoms with Gasteiger partial charge in [0.15, 0.2) is 5.54 Å². The minimum Gasteiger partial charge on any atom is -0.385 e. The summed E-state index contributed by atoms with van der Waals surface area (Å²) in [6.07, 6.45) is -1.36. The third-order valence-corrected chi connectivity index (χ3v) is 4.15. The van der Waals surface area contributed by atoms with E-state index >= 15 is 0 Å². The van der Waals surface area contributed by atoms with Crippen molar-refractivity contribution in [1.82, 2.24) is 9.97 Å². The van der Waals surface area contributed by atoms with Crippen LogP contribution in [0.3, 0.4) is 0 Å². The van der Waals surface area contributed by atoms with Crippen molar-refractivity contribution >= 4 is 33.5 Å². The summed E-state index contributed by atoms with van der Waals surface area (Å²) in [7, 11) is 0. The molecule has 0 radical (unpaired) electrons. The van der Waals surface area contributed by atoms with Gasteiger partial charge in [0, 0.05) is 23.6 Å². The fourth-order valence-electron chi connectivity index (χ4n) is 2.51. The molecule has 0 fully saturated rings. The van der Waals surface area contributed by atoms with Crippen LogP contribution in [-0.2, 0) is 10.3 Å². The number of nitrogens with two attached hydrogens (primary N) is 1. The molecule has 28 heavy (non-hydrogen) atoms. The second kappa shape index (κ2) is 8.10. The summed E-state index contributed by atoms with van der Waals surface area (Å²) in [6.45, 7) is -0.698. The van der Waals surface area contributed by atoms with Gasteiger partial charge in [-0.15, -0.1) is 0 Å². The summed E-state index contributed by atoms with van der Waals surface area (Å²) in [5.74, 6) is -1.13. The average molecular weight is 460 g/mol. The molecule has 3 N–H and O–H groups in total. The highest BCUT2D eigenvalue weighted by Crippen LogP contribution is 2.37. The fraction of sp³-hybridized carbons (Fsp3) is 0.250. The quantitative estimate of drug-likeness (QED) is 0.726. The van der Waals surface area contributed by atoms with Crippen molar-refractivity contribution in [3.05, 3.63) is 46.4 Å². The van der Waals surface area contributed by atoms with Gasteiger partial charge in [0.1, 0.15) is 18.3 Å². The maximum Gasteiger partial charge on any atom is 0.419 e. The minimum atomic E-state index is -3.10. The molecule has 2 aromatic rings. The predicted octanol–water partition coefficient (Wildman–Crippen LogP) is 2.84. The SMILES string of the molecule is NC1=N[C@@](c2cc(NC(=O)Oc3ncc(Br)cn3)ccc2F)(C(F)F)COC1. The molecule has 3 rings (SSSR count). The molecule has 148 valence electrons. The maximum atomic E-state index is 14.3. The molecule has 0 saturated carbocycles. The number of alkyl halides is 2. The molecular formula is C16H13BrF3N5O3. The number of ether oxygens (including phenoxy) is 2. The monoisotopic (exact) mass is 459 g/mol. The Hall–Kier alpha value is -2.73. The van der Waals surface area contributed by atoms with E-state index in [1.54, 1.807) is 0 Å². The topological polar surface area (TPSA) is 112 Å². The van der Waals surface area contributed by atoms with Gasteiger partial charge in [-0.25, -0.2) is 27.9 Å². The lowest BCUT2D eigenvalue weighted by Crippen LogP contribution is -2.45. The summed E-state index contributed by atoms with van der Waals surface area (Å²) in [4.78, 5) is 23.2. The number of carbonyl (C=O) groups is 1. The van der Waals surface area contributed by atoms with Crippen molar-refractivity contribution in [2.45, 2.75) is 12.0 Å². The maximum absolute atomic E-state index is 14.3. The molecule has 1 aliphatic heterocycles. The molecule has 2 heterocycles. The third kappa shape index (κ3) is 4.22. The van der Waals surface area contributed by atoms with E-state index in [0.29, 0.717) is 4.47 Å². The van der Waals surface area contributed by atoms with E-state index in [-0.39, 0.29) is 24.1 Å². The first-order chi connectivity index (χ1) is 13.3. The lowest BCUT2D eigenvalue weighted by atomic mass is 9.90. The zero-order valence-corrected chi connectivity index (χ0v) is 15.6. The molecule has 12 heteroatoms. The van der Waals surface area contributed by atoms with Crippen LogP contribution in [0.1, 0.15) is 5.56 Å². The summed E-state index contributed by atoms with van der Waals surface area (Å²) < 4.78 is 52.4. The van der Waals surface area contributed by atoms with E-state index in [1.165, 1.54) is 18.5 Å². The molecule has 0 spiro atoms. The van der Waals surface area contributed by atoms with E-state index in [9.17, 15) is 18.0 Å². The first-order valence-electron chi connectivity index (χ1n) is 7.76. The second-order valence-corrected chi connectivity index (χ2v) is 6.63. The van der Waals surface area contributed by atoms with Crippen LogP contribution in [0.15, 0.2) is 40.1 Å². The number of carbonyl (C=O) groups excluding carboxylic acids is 1. The van der Waals surface area contributed by atoms with E-state index in [4.69, 9.17) is 15.2 Å². The molecule has 1 aliphatic rings. The number of amides is 1. The average Bonchev–Trinajstić information content (AvgIpc) is 2.65. The Balaban J connectivity index is 1.85. The Morgan fingerprint density at radius 1 is 1.36 bits per heavy atom. The number of halogens is 4. The van der Waals surface area contributed by atoms with Crippen LogP contribution in [-0.4, -0.2) is 41.5 Å². The Morgan fingerprint density at radius 3 is 2.71 bits per heavy atom. The number of aliphatic imine (C=N–C) groups is 1. The van der Waals surface area contributed by atoms with Crippen LogP contribution in [0.5, 0.6) is 6.01 Å². The molecule has 1 aromatic carbocycles. The van der Waals surface area contributed by atoms with Crippen LogP contribution in [0, 0.1) is 5.82 Å². The van der Waals surface area contributed by atoms with E-state index in [1.807, 2.05) is 0 Å². The number of amidine groups is 1. The van der Waals surface area contributed by atoms with Gasteiger partial charge < -0.3 is 15.2 Å². The molecular weight excluding hydrogens is 447 g/mol. The Labute approximate surface area is 165 Å². The fourth-order valence-corrected chi connectivity index (χ4v) is 2.72. The molecule has 1 atom stereocenters. The van der Waals surface area contributed by atoms with Crippen molar-refractivity contribution < 1.29 is 27.4 Å². The van der Waals surface area contributed by atoms with Gasteiger partial charge in [-0.1, -0.05) is 0 Å². The second-order valence-electron chi connectivity index (χ2n) is 5.71. The summed E-state index contributed by atoms with van der Waals surface area (Å²) in [6, 6.07) is 2.89. The van der Waals surface area contributed by atoms with E-state index in [2.05, 4.69) is 36.2 Å². The number of aromatic nitrogens is 2. The Bertz CT molecular complexity index is 913. The van der Waals surface area contributed by atoms with Crippen LogP contribution in [0.2, 0.25) is 0 Å². The number of rotatable bonds is 4. The van der Waals surface area contributed by atoms with Crippen LogP contribution < -0.4 is 15.8 Å². The van der Waals surface area contributed by atoms with Crippen LogP contribution in [0.4, 0.5) is 23.7 Å². The number of anilines is 1. The Kier molecular flexibility index (Phi) is 5.79. The smallest absolute Gasteiger partial charge is 0.385 e. The highest BCUT2D eigenvalue weighted by atomic mass is 79.9. The highest BCUT2D eigenvalue weighted by Gasteiger charge is 2.46. The standard InChI is InChI=1S/C16H13BrF3N5O3/c17-8-4-22-14(23-5-8)28-15(26)24-9-1-2-11(18)10(3-9)16(13(19)20)7-27-6-12(21)25-16/h1-5,13H,6-7H2,(H2,21,25)(H,24,26)/t16-/m0/s1. The van der Waals surface area contributed by atoms with Gasteiger partial charge in [-0.3, -0.25) is 10.3 Å². The summed E-state index contributed by atoms with van der Waals surface area (Å²) in [5, 5.41) is 2.29. The lowest BCUT2D eigenvalue weighted by molar-refractivity contribution is -0.0145. The van der Waals surface area contributed by atoms with Crippen molar-refractivity contribution in [3.8, 4) is 6.01 Å². The predicted molar refractivity (Wildman–Crippen MR) is 95.9 cm³/mol. The van der Waals surface area contributed by atoms with Crippen LogP contribution in [0.25, 0.3) is 0 Å². The number of nitrogens with zero attached hydrogens (tertiary/aromatic N) is 3. The van der Waals surface area contributed by atoms with E-state index in [0.717, 1.165) is 12.1 Å². The third-order valence-electron chi connectivity index (χ3n) is 3.74. The van der Waals surface area contributed by atoms with Gasteiger partial charge in [0.2, 0.25) is 0 Å². The van der Waals surface area contributed by atoms with E-state index < -0.39 is 36.0 Å². The zero-order chi connectivity index (χ0) is 20.3. The molecule has 0 aliphatic carbocycles. The number of hydrogen-bond donors (Lipinski definition) is 2. The van der Waals surface area contributed by atoms with Crippen molar-refractivity contribution in [1.29, 1.82) is 0 Å². The largest absolute Gasteiger partial charge is 0.419 e. The molecule has 8 nitrogen and oxygen atoms in total. The number of benzene rings is 1. The molecule has 0 bridgehead atoms. The molecule has 1 amide bonds. The Morgan fingerprint density at radius 2 is 2.07 bits per heavy atom. The minimum absolute atomic E-state index is 0.00196. The first-order valence-corrected chi connectivity index (χ1v) is 8.56. The normalized spacial score (nSPS) is 19.2. The van der Waals surface area contributed by atoms with Crippen LogP contribution >= 0.6 is 15.9 Å². The molecule has 0 saturated heterocycles. The van der Waals surface area contributed by atoms with Crippen molar-refractivity contribution in [3.63, 3.8) is 0 Å². The van der Waals surface area contributed by atoms with Gasteiger partial charge in [0.25, 0.3) is 6.43 Å². The van der Waals surface area contributed by atoms with Crippen molar-refractivity contribution in [2.24, 2.45) is 10.7 Å². The molecule has 1 aromatic heterocycles. The summed E-state index contributed by atoms with van der Waals surface area (Å²) in [5.41, 5.74) is 2.72. The van der Waals surface area contributed by atoms with Gasteiger partial charge in [0.05, 0.1) is 11.1 Å². The van der Waals surface area contributed by atoms with Crippen molar-refractivity contribution in [2.75, 3.05) is 18.5 Å². The zero-order valence-electron chi connectivity index (χ0n) is 14.0.